The number of nitrogens with one attached hydrogen (secondary N) is 1. The fourth-order valence-corrected chi connectivity index (χ4v) is 2.85. The van der Waals surface area contributed by atoms with E-state index < -0.39 is 0 Å². The summed E-state index contributed by atoms with van der Waals surface area (Å²) < 4.78 is 10.6. The molecule has 116 valence electrons. The third kappa shape index (κ3) is 3.08. The van der Waals surface area contributed by atoms with Gasteiger partial charge in [0.2, 0.25) is 0 Å². The molecule has 1 N–H and O–H groups in total. The number of nitrogens with zero attached hydrogens (tertiary/aromatic N) is 1. The molecule has 1 saturated heterocycles. The Morgan fingerprint density at radius 1 is 1.41 bits per heavy atom. The standard InChI is InChI=1S/C17H20N2O3/c1-21-14-6-2-5-13(11-14)12-18-17(20)19-9-3-7-15(19)16-8-4-10-22-16/h2,4-6,8,10-11,15H,3,7,9,12H2,1H3,(H,18,20)/t15-/m0/s1. The quantitative estimate of drug-likeness (QED) is 0.942. The summed E-state index contributed by atoms with van der Waals surface area (Å²) in [6.45, 7) is 1.24. The molecule has 0 spiro atoms. The van der Waals surface area contributed by atoms with Crippen LogP contribution in [0.4, 0.5) is 4.79 Å². The summed E-state index contributed by atoms with van der Waals surface area (Å²) in [6.07, 6.45) is 3.60. The first-order valence-corrected chi connectivity index (χ1v) is 7.49. The number of benzene rings is 1. The third-order valence-electron chi connectivity index (χ3n) is 3.96. The predicted octanol–water partition coefficient (Wildman–Crippen LogP) is 3.33. The molecule has 5 nitrogen and oxygen atoms in total. The molecule has 0 bridgehead atoms. The van der Waals surface area contributed by atoms with Gasteiger partial charge in [-0.3, -0.25) is 0 Å². The van der Waals surface area contributed by atoms with Gasteiger partial charge in [-0.2, -0.15) is 0 Å². The molecule has 1 aliphatic rings. The summed E-state index contributed by atoms with van der Waals surface area (Å²) in [7, 11) is 1.63. The molecule has 0 aliphatic carbocycles. The highest BCUT2D eigenvalue weighted by Crippen LogP contribution is 2.32. The van der Waals surface area contributed by atoms with Gasteiger partial charge in [-0.25, -0.2) is 4.79 Å². The Morgan fingerprint density at radius 3 is 3.09 bits per heavy atom. The average molecular weight is 300 g/mol. The first kappa shape index (κ1) is 14.5. The van der Waals surface area contributed by atoms with Gasteiger partial charge < -0.3 is 19.4 Å². The molecule has 0 unspecified atom stereocenters. The summed E-state index contributed by atoms with van der Waals surface area (Å²) in [6, 6.07) is 11.5. The number of rotatable bonds is 4. The van der Waals surface area contributed by atoms with E-state index in [-0.39, 0.29) is 12.1 Å². The molecule has 2 aromatic rings. The van der Waals surface area contributed by atoms with Gasteiger partial charge in [0, 0.05) is 13.1 Å². The molecule has 1 aromatic carbocycles. The lowest BCUT2D eigenvalue weighted by Gasteiger charge is -2.23. The fourth-order valence-electron chi connectivity index (χ4n) is 2.85. The number of furan rings is 1. The molecule has 1 aliphatic heterocycles. The van der Waals surface area contributed by atoms with E-state index in [0.29, 0.717) is 6.54 Å². The Kier molecular flexibility index (Phi) is 4.32. The van der Waals surface area contributed by atoms with Crippen LogP contribution in [0.15, 0.2) is 47.1 Å². The van der Waals surface area contributed by atoms with Crippen LogP contribution in [0.25, 0.3) is 0 Å². The smallest absolute Gasteiger partial charge is 0.318 e. The van der Waals surface area contributed by atoms with Gasteiger partial charge in [-0.05, 0) is 42.7 Å². The number of hydrogen-bond acceptors (Lipinski definition) is 3. The predicted molar refractivity (Wildman–Crippen MR) is 82.6 cm³/mol. The molecule has 0 radical (unpaired) electrons. The Morgan fingerprint density at radius 2 is 2.32 bits per heavy atom. The normalized spacial score (nSPS) is 17.5. The molecule has 2 amide bonds. The summed E-state index contributed by atoms with van der Waals surface area (Å²) in [5.74, 6) is 1.65. The second kappa shape index (κ2) is 6.56. The minimum absolute atomic E-state index is 0.0420. The summed E-state index contributed by atoms with van der Waals surface area (Å²) >= 11 is 0. The number of hydrogen-bond donors (Lipinski definition) is 1. The van der Waals surface area contributed by atoms with Crippen LogP contribution < -0.4 is 10.1 Å². The molecular weight excluding hydrogens is 280 g/mol. The molecular formula is C17H20N2O3. The highest BCUT2D eigenvalue weighted by atomic mass is 16.5. The third-order valence-corrected chi connectivity index (χ3v) is 3.96. The fraction of sp³-hybridized carbons (Fsp3) is 0.353. The second-order valence-electron chi connectivity index (χ2n) is 5.38. The first-order chi connectivity index (χ1) is 10.8. The Bertz CT molecular complexity index is 625. The number of methoxy groups -OCH3 is 1. The van der Waals surface area contributed by atoms with Gasteiger partial charge >= 0.3 is 6.03 Å². The Hall–Kier alpha value is -2.43. The largest absolute Gasteiger partial charge is 0.497 e. The van der Waals surface area contributed by atoms with E-state index in [0.717, 1.165) is 36.5 Å². The van der Waals surface area contributed by atoms with Crippen molar-refractivity contribution < 1.29 is 13.9 Å². The van der Waals surface area contributed by atoms with E-state index in [2.05, 4.69) is 5.32 Å². The van der Waals surface area contributed by atoms with E-state index in [9.17, 15) is 4.79 Å². The lowest BCUT2D eigenvalue weighted by atomic mass is 10.2. The van der Waals surface area contributed by atoms with Crippen LogP contribution in [0.1, 0.15) is 30.2 Å². The minimum atomic E-state index is -0.0540. The Balaban J connectivity index is 1.61. The van der Waals surface area contributed by atoms with Gasteiger partial charge in [0.25, 0.3) is 0 Å². The molecule has 1 fully saturated rings. The van der Waals surface area contributed by atoms with Crippen molar-refractivity contribution in [3.05, 3.63) is 54.0 Å². The van der Waals surface area contributed by atoms with E-state index >= 15 is 0 Å². The van der Waals surface area contributed by atoms with Crippen molar-refractivity contribution in [1.29, 1.82) is 0 Å². The number of ether oxygens (including phenoxy) is 1. The summed E-state index contributed by atoms with van der Waals surface area (Å²) in [5.41, 5.74) is 1.02. The van der Waals surface area contributed by atoms with Crippen molar-refractivity contribution in [3.63, 3.8) is 0 Å². The monoisotopic (exact) mass is 300 g/mol. The van der Waals surface area contributed by atoms with E-state index in [1.54, 1.807) is 13.4 Å². The number of carbonyl (C=O) groups excluding carboxylic acids is 1. The van der Waals surface area contributed by atoms with Gasteiger partial charge in [-0.15, -0.1) is 0 Å². The van der Waals surface area contributed by atoms with Crippen molar-refractivity contribution in [2.75, 3.05) is 13.7 Å². The zero-order valence-corrected chi connectivity index (χ0v) is 12.6. The van der Waals surface area contributed by atoms with Crippen molar-refractivity contribution in [1.82, 2.24) is 10.2 Å². The van der Waals surface area contributed by atoms with Crippen molar-refractivity contribution in [2.45, 2.75) is 25.4 Å². The maximum Gasteiger partial charge on any atom is 0.318 e. The average Bonchev–Trinajstić information content (AvgIpc) is 3.23. The number of urea groups is 1. The van der Waals surface area contributed by atoms with Crippen LogP contribution in [0, 0.1) is 0 Å². The first-order valence-electron chi connectivity index (χ1n) is 7.49. The van der Waals surface area contributed by atoms with E-state index in [1.807, 2.05) is 41.3 Å². The van der Waals surface area contributed by atoms with Crippen LogP contribution in [0.5, 0.6) is 5.75 Å². The number of amides is 2. The van der Waals surface area contributed by atoms with E-state index in [4.69, 9.17) is 9.15 Å². The van der Waals surface area contributed by atoms with Crippen LogP contribution >= 0.6 is 0 Å². The minimum Gasteiger partial charge on any atom is -0.497 e. The zero-order valence-electron chi connectivity index (χ0n) is 12.6. The molecule has 1 aromatic heterocycles. The second-order valence-corrected chi connectivity index (χ2v) is 5.38. The summed E-state index contributed by atoms with van der Waals surface area (Å²) in [5, 5.41) is 2.97. The van der Waals surface area contributed by atoms with Crippen LogP contribution in [0.2, 0.25) is 0 Å². The van der Waals surface area contributed by atoms with Crippen molar-refractivity contribution in [3.8, 4) is 5.75 Å². The molecule has 22 heavy (non-hydrogen) atoms. The maximum absolute atomic E-state index is 12.4. The van der Waals surface area contributed by atoms with Crippen LogP contribution in [-0.2, 0) is 6.54 Å². The highest BCUT2D eigenvalue weighted by molar-refractivity contribution is 5.75. The van der Waals surface area contributed by atoms with Crippen LogP contribution in [-0.4, -0.2) is 24.6 Å². The molecule has 0 saturated carbocycles. The lowest BCUT2D eigenvalue weighted by Crippen LogP contribution is -2.39. The molecule has 5 heteroatoms. The van der Waals surface area contributed by atoms with Crippen molar-refractivity contribution in [2.24, 2.45) is 0 Å². The van der Waals surface area contributed by atoms with E-state index in [1.165, 1.54) is 0 Å². The topological polar surface area (TPSA) is 54.7 Å². The molecule has 1 atom stereocenters. The van der Waals surface area contributed by atoms with Gasteiger partial charge in [0.15, 0.2) is 0 Å². The molecule has 2 heterocycles. The van der Waals surface area contributed by atoms with Gasteiger partial charge in [0.05, 0.1) is 19.4 Å². The molecule has 3 rings (SSSR count). The van der Waals surface area contributed by atoms with Gasteiger partial charge in [0.1, 0.15) is 11.5 Å². The van der Waals surface area contributed by atoms with Crippen LogP contribution in [0.3, 0.4) is 0 Å². The zero-order chi connectivity index (χ0) is 15.4. The summed E-state index contributed by atoms with van der Waals surface area (Å²) in [4.78, 5) is 14.3. The highest BCUT2D eigenvalue weighted by Gasteiger charge is 2.31. The van der Waals surface area contributed by atoms with Gasteiger partial charge in [-0.1, -0.05) is 12.1 Å². The number of likely N-dealkylation sites (tertiary alicyclic amines) is 1. The maximum atomic E-state index is 12.4. The van der Waals surface area contributed by atoms with Crippen molar-refractivity contribution >= 4 is 6.03 Å². The number of carbonyl (C=O) groups is 1. The Labute approximate surface area is 129 Å². The SMILES string of the molecule is COc1cccc(CNC(=O)N2CCC[C@H]2c2ccco2)c1. The lowest BCUT2D eigenvalue weighted by molar-refractivity contribution is 0.186.